The first-order valence-corrected chi connectivity index (χ1v) is 10.9. The zero-order valence-corrected chi connectivity index (χ0v) is 16.9. The van der Waals surface area contributed by atoms with Gasteiger partial charge in [-0.1, -0.05) is 5.16 Å². The van der Waals surface area contributed by atoms with Gasteiger partial charge in [0.25, 0.3) is 5.91 Å². The first-order chi connectivity index (χ1) is 13.4. The molecule has 0 saturated carbocycles. The van der Waals surface area contributed by atoms with Crippen molar-refractivity contribution in [3.8, 4) is 10.8 Å². The van der Waals surface area contributed by atoms with Crippen LogP contribution in [0.2, 0.25) is 0 Å². The summed E-state index contributed by atoms with van der Waals surface area (Å²) in [7, 11) is -3.71. The molecule has 148 valence electrons. The third-order valence-electron chi connectivity index (χ3n) is 4.55. The smallest absolute Gasteiger partial charge is 0.273 e. The van der Waals surface area contributed by atoms with E-state index in [1.165, 1.54) is 15.6 Å². The number of aryl methyl sites for hydroxylation is 2. The van der Waals surface area contributed by atoms with Crippen LogP contribution >= 0.6 is 11.3 Å². The zero-order chi connectivity index (χ0) is 19.9. The van der Waals surface area contributed by atoms with E-state index in [-0.39, 0.29) is 42.7 Å². The number of thiazole rings is 1. The number of carbonyl (C=O) groups excluding carboxylic acids is 1. The fraction of sp³-hybridized carbons (Fsp3) is 0.353. The maximum absolute atomic E-state index is 12.9. The minimum absolute atomic E-state index is 0.106. The summed E-state index contributed by atoms with van der Waals surface area (Å²) in [6.07, 6.45) is 1.55. The van der Waals surface area contributed by atoms with E-state index in [1.807, 2.05) is 0 Å². The summed E-state index contributed by atoms with van der Waals surface area (Å²) >= 11 is 1.33. The molecule has 4 rings (SSSR count). The summed E-state index contributed by atoms with van der Waals surface area (Å²) in [6.45, 7) is 4.15. The number of sulfonamides is 1. The van der Waals surface area contributed by atoms with Gasteiger partial charge in [0.1, 0.15) is 16.3 Å². The maximum atomic E-state index is 12.9. The highest BCUT2D eigenvalue weighted by atomic mass is 32.2. The van der Waals surface area contributed by atoms with Crippen LogP contribution in [0.5, 0.6) is 0 Å². The lowest BCUT2D eigenvalue weighted by Gasteiger charge is -2.33. The molecule has 0 N–H and O–H groups in total. The second-order valence-corrected chi connectivity index (χ2v) is 9.10. The normalized spacial score (nSPS) is 15.9. The van der Waals surface area contributed by atoms with Crippen LogP contribution in [0, 0.1) is 13.8 Å². The lowest BCUT2D eigenvalue weighted by atomic mass is 10.3. The van der Waals surface area contributed by atoms with E-state index in [1.54, 1.807) is 42.5 Å². The molecular formula is C17H18N4O5S2. The molecule has 9 nitrogen and oxygen atoms in total. The van der Waals surface area contributed by atoms with Gasteiger partial charge < -0.3 is 13.8 Å². The monoisotopic (exact) mass is 422 g/mol. The second-order valence-electron chi connectivity index (χ2n) is 6.36. The van der Waals surface area contributed by atoms with Crippen molar-refractivity contribution >= 4 is 27.3 Å². The van der Waals surface area contributed by atoms with E-state index >= 15 is 0 Å². The van der Waals surface area contributed by atoms with Crippen LogP contribution in [0.3, 0.4) is 0 Å². The average Bonchev–Trinajstić information content (AvgIpc) is 3.42. The van der Waals surface area contributed by atoms with E-state index < -0.39 is 10.0 Å². The molecule has 28 heavy (non-hydrogen) atoms. The molecule has 1 aliphatic heterocycles. The molecule has 0 atom stereocenters. The Hall–Kier alpha value is -2.50. The Balaban J connectivity index is 1.45. The topological polar surface area (TPSA) is 110 Å². The summed E-state index contributed by atoms with van der Waals surface area (Å²) in [5, 5.41) is 6.04. The first-order valence-electron chi connectivity index (χ1n) is 8.59. The van der Waals surface area contributed by atoms with E-state index in [2.05, 4.69) is 10.1 Å². The number of nitrogens with zero attached hydrogens (tertiary/aromatic N) is 4. The molecule has 0 spiro atoms. The van der Waals surface area contributed by atoms with Crippen molar-refractivity contribution in [1.82, 2.24) is 19.3 Å². The Morgan fingerprint density at radius 2 is 1.96 bits per heavy atom. The molecule has 1 aliphatic rings. The van der Waals surface area contributed by atoms with Gasteiger partial charge in [0.2, 0.25) is 10.0 Å². The summed E-state index contributed by atoms with van der Waals surface area (Å²) in [6, 6.07) is 3.54. The van der Waals surface area contributed by atoms with Crippen molar-refractivity contribution in [2.75, 3.05) is 26.2 Å². The molecule has 11 heteroatoms. The van der Waals surface area contributed by atoms with Gasteiger partial charge in [-0.05, 0) is 26.0 Å². The van der Waals surface area contributed by atoms with Crippen LogP contribution in [0.25, 0.3) is 10.8 Å². The average molecular weight is 422 g/mol. The number of aromatic nitrogens is 2. The van der Waals surface area contributed by atoms with Gasteiger partial charge in [-0.3, -0.25) is 4.79 Å². The minimum Gasteiger partial charge on any atom is -0.462 e. The van der Waals surface area contributed by atoms with Gasteiger partial charge >= 0.3 is 0 Å². The number of amides is 1. The third-order valence-corrected chi connectivity index (χ3v) is 7.55. The van der Waals surface area contributed by atoms with Crippen LogP contribution in [-0.2, 0) is 10.0 Å². The van der Waals surface area contributed by atoms with Crippen LogP contribution in [0.1, 0.15) is 21.9 Å². The van der Waals surface area contributed by atoms with Crippen molar-refractivity contribution in [3.05, 3.63) is 40.9 Å². The zero-order valence-electron chi connectivity index (χ0n) is 15.3. The molecule has 0 bridgehead atoms. The predicted octanol–water partition coefficient (Wildman–Crippen LogP) is 2.15. The quantitative estimate of drug-likeness (QED) is 0.633. The van der Waals surface area contributed by atoms with E-state index in [9.17, 15) is 13.2 Å². The molecule has 1 saturated heterocycles. The summed E-state index contributed by atoms with van der Waals surface area (Å²) < 4.78 is 37.4. The Bertz CT molecular complexity index is 1070. The molecule has 3 aromatic rings. The largest absolute Gasteiger partial charge is 0.462 e. The van der Waals surface area contributed by atoms with Crippen LogP contribution < -0.4 is 0 Å². The number of rotatable bonds is 4. The van der Waals surface area contributed by atoms with Crippen molar-refractivity contribution in [1.29, 1.82) is 0 Å². The lowest BCUT2D eigenvalue weighted by molar-refractivity contribution is 0.0692. The number of furan rings is 1. The Labute approximate surface area is 165 Å². The van der Waals surface area contributed by atoms with Crippen molar-refractivity contribution in [3.63, 3.8) is 0 Å². The molecule has 0 radical (unpaired) electrons. The Kier molecular flexibility index (Phi) is 4.81. The third kappa shape index (κ3) is 3.25. The fourth-order valence-corrected chi connectivity index (χ4v) is 5.62. The number of piperazine rings is 1. The Morgan fingerprint density at radius 1 is 1.21 bits per heavy atom. The van der Waals surface area contributed by atoms with Crippen molar-refractivity contribution < 1.29 is 22.2 Å². The molecule has 0 unspecified atom stereocenters. The highest BCUT2D eigenvalue weighted by Gasteiger charge is 2.34. The molecule has 1 fully saturated rings. The summed E-state index contributed by atoms with van der Waals surface area (Å²) in [5.74, 6) is 0.659. The molecular weight excluding hydrogens is 404 g/mol. The number of carbonyl (C=O) groups is 1. The molecule has 4 heterocycles. The molecule has 1 amide bonds. The summed E-state index contributed by atoms with van der Waals surface area (Å²) in [5.41, 5.74) is 0.669. The highest BCUT2D eigenvalue weighted by Crippen LogP contribution is 2.26. The Morgan fingerprint density at radius 3 is 2.57 bits per heavy atom. The molecule has 0 aromatic carbocycles. The van der Waals surface area contributed by atoms with Crippen molar-refractivity contribution in [2.45, 2.75) is 18.7 Å². The number of hydrogen-bond donors (Lipinski definition) is 0. The second kappa shape index (κ2) is 7.15. The fourth-order valence-electron chi connectivity index (χ4n) is 3.15. The van der Waals surface area contributed by atoms with E-state index in [0.717, 1.165) is 0 Å². The maximum Gasteiger partial charge on any atom is 0.273 e. The molecule has 3 aromatic heterocycles. The minimum atomic E-state index is -3.71. The number of hydrogen-bond acceptors (Lipinski definition) is 8. The van der Waals surface area contributed by atoms with Gasteiger partial charge in [-0.15, -0.1) is 11.3 Å². The van der Waals surface area contributed by atoms with Gasteiger partial charge in [0, 0.05) is 31.6 Å². The van der Waals surface area contributed by atoms with Gasteiger partial charge in [-0.25, -0.2) is 13.4 Å². The molecule has 0 aliphatic carbocycles. The predicted molar refractivity (Wildman–Crippen MR) is 100 cm³/mol. The SMILES string of the molecule is Cc1noc(C)c1S(=O)(=O)N1CCN(C(=O)c2csc(-c3ccco3)n2)CC1. The van der Waals surface area contributed by atoms with Crippen LogP contribution in [0.15, 0.2) is 37.6 Å². The van der Waals surface area contributed by atoms with E-state index in [4.69, 9.17) is 8.94 Å². The van der Waals surface area contributed by atoms with E-state index in [0.29, 0.717) is 22.2 Å². The lowest BCUT2D eigenvalue weighted by Crippen LogP contribution is -2.50. The van der Waals surface area contributed by atoms with Gasteiger partial charge in [-0.2, -0.15) is 4.31 Å². The first kappa shape index (κ1) is 18.8. The van der Waals surface area contributed by atoms with Gasteiger partial charge in [0.15, 0.2) is 16.5 Å². The summed E-state index contributed by atoms with van der Waals surface area (Å²) in [4.78, 5) is 18.8. The highest BCUT2D eigenvalue weighted by molar-refractivity contribution is 7.89. The van der Waals surface area contributed by atoms with Crippen molar-refractivity contribution in [2.24, 2.45) is 0 Å². The standard InChI is InChI=1S/C17H18N4O5S2/c1-11-15(12(2)26-19-11)28(23,24)21-7-5-20(6-8-21)17(22)13-10-27-16(18-13)14-4-3-9-25-14/h3-4,9-10H,5-8H2,1-2H3. The van der Waals surface area contributed by atoms with Crippen LogP contribution in [-0.4, -0.2) is 59.8 Å². The van der Waals surface area contributed by atoms with Gasteiger partial charge in [0.05, 0.1) is 6.26 Å². The van der Waals surface area contributed by atoms with Crippen LogP contribution in [0.4, 0.5) is 0 Å².